The Kier molecular flexibility index (Phi) is 6.70. The number of esters is 1. The molecule has 0 aliphatic heterocycles. The van der Waals surface area contributed by atoms with E-state index in [1.807, 2.05) is 6.92 Å². The molecule has 1 N–H and O–H groups in total. The van der Waals surface area contributed by atoms with E-state index in [1.54, 1.807) is 14.0 Å². The maximum absolute atomic E-state index is 10.8. The van der Waals surface area contributed by atoms with Crippen molar-refractivity contribution in [2.45, 2.75) is 20.0 Å². The highest BCUT2D eigenvalue weighted by molar-refractivity contribution is 5.71. The number of carbonyl (C=O) groups excluding carboxylic acids is 1. The number of rotatable bonds is 6. The molecular weight excluding hydrogens is 158 g/mol. The molecule has 0 amide bonds. The van der Waals surface area contributed by atoms with E-state index in [0.29, 0.717) is 13.2 Å². The fraction of sp³-hybridized carbons (Fsp3) is 0.875. The minimum atomic E-state index is -0.221. The van der Waals surface area contributed by atoms with Crippen LogP contribution in [0.1, 0.15) is 13.8 Å². The van der Waals surface area contributed by atoms with Gasteiger partial charge in [0, 0.05) is 13.7 Å². The minimum Gasteiger partial charge on any atom is -0.465 e. The monoisotopic (exact) mass is 175 g/mol. The fourth-order valence-electron chi connectivity index (χ4n) is 0.673. The average molecular weight is 175 g/mol. The zero-order valence-electron chi connectivity index (χ0n) is 7.92. The lowest BCUT2D eigenvalue weighted by Gasteiger charge is -2.09. The van der Waals surface area contributed by atoms with Crippen molar-refractivity contribution >= 4 is 5.97 Å². The highest BCUT2D eigenvalue weighted by Gasteiger charge is 2.02. The first-order chi connectivity index (χ1) is 5.70. The Morgan fingerprint density at radius 2 is 2.25 bits per heavy atom. The van der Waals surface area contributed by atoms with Gasteiger partial charge in [-0.3, -0.25) is 4.79 Å². The van der Waals surface area contributed by atoms with Crippen LogP contribution in [-0.4, -0.2) is 38.9 Å². The van der Waals surface area contributed by atoms with Gasteiger partial charge in [0.2, 0.25) is 0 Å². The molecule has 0 fully saturated rings. The zero-order chi connectivity index (χ0) is 9.40. The first-order valence-electron chi connectivity index (χ1n) is 4.09. The Labute approximate surface area is 73.2 Å². The lowest BCUT2D eigenvalue weighted by atomic mass is 10.4. The summed E-state index contributed by atoms with van der Waals surface area (Å²) in [6.07, 6.45) is 0.124. The number of methoxy groups -OCH3 is 1. The van der Waals surface area contributed by atoms with Crippen LogP contribution in [0.25, 0.3) is 0 Å². The quantitative estimate of drug-likeness (QED) is 0.585. The number of ether oxygens (including phenoxy) is 2. The first kappa shape index (κ1) is 11.4. The van der Waals surface area contributed by atoms with E-state index >= 15 is 0 Å². The largest absolute Gasteiger partial charge is 0.465 e. The molecule has 1 unspecified atom stereocenters. The van der Waals surface area contributed by atoms with E-state index in [9.17, 15) is 4.79 Å². The molecule has 0 saturated carbocycles. The number of hydrogen-bond acceptors (Lipinski definition) is 4. The van der Waals surface area contributed by atoms with Gasteiger partial charge in [-0.2, -0.15) is 0 Å². The second-order valence-electron chi connectivity index (χ2n) is 2.48. The highest BCUT2D eigenvalue weighted by Crippen LogP contribution is 1.83. The van der Waals surface area contributed by atoms with Gasteiger partial charge >= 0.3 is 5.97 Å². The molecule has 0 heterocycles. The highest BCUT2D eigenvalue weighted by atomic mass is 16.5. The molecule has 0 aromatic heterocycles. The van der Waals surface area contributed by atoms with Gasteiger partial charge in [-0.15, -0.1) is 0 Å². The minimum absolute atomic E-state index is 0.124. The zero-order valence-corrected chi connectivity index (χ0v) is 7.92. The van der Waals surface area contributed by atoms with Crippen molar-refractivity contribution in [3.05, 3.63) is 0 Å². The van der Waals surface area contributed by atoms with Crippen LogP contribution in [-0.2, 0) is 14.3 Å². The molecule has 0 aliphatic carbocycles. The second-order valence-corrected chi connectivity index (χ2v) is 2.48. The fourth-order valence-corrected chi connectivity index (χ4v) is 0.673. The normalized spacial score (nSPS) is 12.6. The number of nitrogens with one attached hydrogen (secondary N) is 1. The number of hydrogen-bond donors (Lipinski definition) is 1. The van der Waals surface area contributed by atoms with Gasteiger partial charge in [0.25, 0.3) is 0 Å². The lowest BCUT2D eigenvalue weighted by Crippen LogP contribution is -2.31. The van der Waals surface area contributed by atoms with Gasteiger partial charge in [-0.05, 0) is 13.8 Å². The Hall–Kier alpha value is -0.610. The molecule has 4 heteroatoms. The van der Waals surface area contributed by atoms with Crippen molar-refractivity contribution in [1.29, 1.82) is 0 Å². The lowest BCUT2D eigenvalue weighted by molar-refractivity contribution is -0.142. The summed E-state index contributed by atoms with van der Waals surface area (Å²) in [5.74, 6) is -0.221. The Bertz CT molecular complexity index is 127. The van der Waals surface area contributed by atoms with E-state index in [-0.39, 0.29) is 18.6 Å². The van der Waals surface area contributed by atoms with E-state index in [1.165, 1.54) is 0 Å². The summed E-state index contributed by atoms with van der Waals surface area (Å²) in [5, 5.41) is 2.92. The Balaban J connectivity index is 3.24. The molecular formula is C8H17NO3. The Morgan fingerprint density at radius 3 is 2.75 bits per heavy atom. The van der Waals surface area contributed by atoms with Crippen molar-refractivity contribution in [2.24, 2.45) is 0 Å². The Morgan fingerprint density at radius 1 is 1.58 bits per heavy atom. The standard InChI is InChI=1S/C8H17NO3/c1-4-12-8(10)6-9-5-7(2)11-3/h7,9H,4-6H2,1-3H3. The van der Waals surface area contributed by atoms with Crippen LogP contribution in [0.2, 0.25) is 0 Å². The first-order valence-corrected chi connectivity index (χ1v) is 4.09. The molecule has 0 spiro atoms. The maximum Gasteiger partial charge on any atom is 0.319 e. The van der Waals surface area contributed by atoms with Crippen LogP contribution in [0.3, 0.4) is 0 Å². The van der Waals surface area contributed by atoms with Gasteiger partial charge in [-0.25, -0.2) is 0 Å². The predicted molar refractivity (Wildman–Crippen MR) is 46.0 cm³/mol. The van der Waals surface area contributed by atoms with Crippen molar-refractivity contribution in [3.8, 4) is 0 Å². The van der Waals surface area contributed by atoms with E-state index in [4.69, 9.17) is 9.47 Å². The number of carbonyl (C=O) groups is 1. The van der Waals surface area contributed by atoms with E-state index in [0.717, 1.165) is 0 Å². The molecule has 12 heavy (non-hydrogen) atoms. The van der Waals surface area contributed by atoms with Gasteiger partial charge in [-0.1, -0.05) is 0 Å². The molecule has 72 valence electrons. The van der Waals surface area contributed by atoms with Gasteiger partial charge in [0.05, 0.1) is 19.3 Å². The summed E-state index contributed by atoms with van der Waals surface area (Å²) in [6, 6.07) is 0. The van der Waals surface area contributed by atoms with E-state index in [2.05, 4.69) is 5.32 Å². The van der Waals surface area contributed by atoms with Gasteiger partial charge in [0.15, 0.2) is 0 Å². The molecule has 0 bridgehead atoms. The van der Waals surface area contributed by atoms with Crippen LogP contribution >= 0.6 is 0 Å². The smallest absolute Gasteiger partial charge is 0.319 e. The molecule has 0 radical (unpaired) electrons. The summed E-state index contributed by atoms with van der Waals surface area (Å²) < 4.78 is 9.69. The predicted octanol–water partition coefficient (Wildman–Crippen LogP) is 0.174. The van der Waals surface area contributed by atoms with E-state index < -0.39 is 0 Å². The topological polar surface area (TPSA) is 47.6 Å². The van der Waals surface area contributed by atoms with Crippen molar-refractivity contribution in [2.75, 3.05) is 26.8 Å². The molecule has 0 rings (SSSR count). The van der Waals surface area contributed by atoms with Crippen LogP contribution < -0.4 is 5.32 Å². The SMILES string of the molecule is CCOC(=O)CNCC(C)OC. The third-order valence-corrected chi connectivity index (χ3v) is 1.41. The van der Waals surface area contributed by atoms with Crippen LogP contribution in [0, 0.1) is 0 Å². The van der Waals surface area contributed by atoms with Crippen LogP contribution in [0.4, 0.5) is 0 Å². The third kappa shape index (κ3) is 6.12. The van der Waals surface area contributed by atoms with Crippen molar-refractivity contribution < 1.29 is 14.3 Å². The van der Waals surface area contributed by atoms with Crippen LogP contribution in [0.15, 0.2) is 0 Å². The maximum atomic E-state index is 10.8. The average Bonchev–Trinajstić information content (AvgIpc) is 2.04. The second kappa shape index (κ2) is 7.06. The molecule has 4 nitrogen and oxygen atoms in total. The molecule has 0 aromatic rings. The van der Waals surface area contributed by atoms with Crippen molar-refractivity contribution in [3.63, 3.8) is 0 Å². The summed E-state index contributed by atoms with van der Waals surface area (Å²) in [6.45, 7) is 5.06. The molecule has 0 aromatic carbocycles. The third-order valence-electron chi connectivity index (χ3n) is 1.41. The summed E-state index contributed by atoms with van der Waals surface area (Å²) in [7, 11) is 1.64. The molecule has 1 atom stereocenters. The molecule has 0 aliphatic rings. The summed E-state index contributed by atoms with van der Waals surface area (Å²) in [5.41, 5.74) is 0. The summed E-state index contributed by atoms with van der Waals surface area (Å²) in [4.78, 5) is 10.8. The summed E-state index contributed by atoms with van der Waals surface area (Å²) >= 11 is 0. The van der Waals surface area contributed by atoms with Crippen LogP contribution in [0.5, 0.6) is 0 Å². The molecule has 0 saturated heterocycles. The van der Waals surface area contributed by atoms with Gasteiger partial charge < -0.3 is 14.8 Å². The van der Waals surface area contributed by atoms with Gasteiger partial charge in [0.1, 0.15) is 0 Å². The van der Waals surface area contributed by atoms with Crippen molar-refractivity contribution in [1.82, 2.24) is 5.32 Å².